The van der Waals surface area contributed by atoms with E-state index in [1.807, 2.05) is 0 Å². The van der Waals surface area contributed by atoms with E-state index in [2.05, 4.69) is 22.1 Å². The third-order valence-corrected chi connectivity index (χ3v) is 3.60. The lowest BCUT2D eigenvalue weighted by atomic mass is 9.93. The zero-order chi connectivity index (χ0) is 9.80. The van der Waals surface area contributed by atoms with Crippen LogP contribution in [-0.4, -0.2) is 17.3 Å². The molecule has 1 heterocycles. The second-order valence-corrected chi connectivity index (χ2v) is 4.80. The van der Waals surface area contributed by atoms with Crippen molar-refractivity contribution in [1.82, 2.24) is 5.32 Å². The van der Waals surface area contributed by atoms with Gasteiger partial charge in [0.2, 0.25) is 0 Å². The predicted octanol–water partition coefficient (Wildman–Crippen LogP) is 2.14. The molecule has 2 rings (SSSR count). The largest absolute Gasteiger partial charge is 0.393 e. The van der Waals surface area contributed by atoms with Crippen molar-refractivity contribution >= 4 is 11.3 Å². The van der Waals surface area contributed by atoms with E-state index in [9.17, 15) is 5.11 Å². The molecule has 0 aliphatic heterocycles. The molecule has 2 N–H and O–H groups in total. The van der Waals surface area contributed by atoms with Crippen LogP contribution in [0.15, 0.2) is 16.8 Å². The van der Waals surface area contributed by atoms with Gasteiger partial charge < -0.3 is 10.4 Å². The van der Waals surface area contributed by atoms with Gasteiger partial charge in [-0.25, -0.2) is 0 Å². The lowest BCUT2D eigenvalue weighted by Gasteiger charge is -2.26. The highest BCUT2D eigenvalue weighted by atomic mass is 32.1. The van der Waals surface area contributed by atoms with Gasteiger partial charge in [-0.15, -0.1) is 0 Å². The molecule has 78 valence electrons. The van der Waals surface area contributed by atoms with Crippen LogP contribution in [0, 0.1) is 0 Å². The van der Waals surface area contributed by atoms with Crippen LogP contribution in [0.2, 0.25) is 0 Å². The summed E-state index contributed by atoms with van der Waals surface area (Å²) in [5.41, 5.74) is 1.38. The van der Waals surface area contributed by atoms with E-state index < -0.39 is 0 Å². The van der Waals surface area contributed by atoms with Crippen LogP contribution in [0.4, 0.5) is 0 Å². The van der Waals surface area contributed by atoms with Crippen molar-refractivity contribution in [3.63, 3.8) is 0 Å². The Morgan fingerprint density at radius 1 is 1.36 bits per heavy atom. The number of hydrogen-bond donors (Lipinski definition) is 2. The molecule has 1 aromatic rings. The lowest BCUT2D eigenvalue weighted by Crippen LogP contribution is -2.33. The standard InChI is InChI=1S/C11H17NOS/c13-11-3-1-10(2-4-11)12-7-9-5-6-14-8-9/h5-6,8,10-13H,1-4,7H2. The number of aliphatic hydroxyl groups excluding tert-OH is 1. The van der Waals surface area contributed by atoms with Crippen LogP contribution < -0.4 is 5.32 Å². The summed E-state index contributed by atoms with van der Waals surface area (Å²) in [6.07, 6.45) is 4.10. The van der Waals surface area contributed by atoms with Crippen molar-refractivity contribution in [2.45, 2.75) is 44.4 Å². The van der Waals surface area contributed by atoms with Gasteiger partial charge in [-0.3, -0.25) is 0 Å². The summed E-state index contributed by atoms with van der Waals surface area (Å²) in [6.45, 7) is 0.976. The van der Waals surface area contributed by atoms with Gasteiger partial charge in [-0.05, 0) is 48.1 Å². The molecule has 1 aliphatic rings. The predicted molar refractivity (Wildman–Crippen MR) is 59.4 cm³/mol. The van der Waals surface area contributed by atoms with Gasteiger partial charge in [0.15, 0.2) is 0 Å². The van der Waals surface area contributed by atoms with Crippen LogP contribution in [-0.2, 0) is 6.54 Å². The molecule has 0 unspecified atom stereocenters. The highest BCUT2D eigenvalue weighted by Gasteiger charge is 2.18. The van der Waals surface area contributed by atoms with E-state index >= 15 is 0 Å². The molecule has 0 saturated heterocycles. The maximum absolute atomic E-state index is 9.35. The van der Waals surface area contributed by atoms with Gasteiger partial charge >= 0.3 is 0 Å². The molecule has 0 spiro atoms. The van der Waals surface area contributed by atoms with E-state index in [-0.39, 0.29) is 6.10 Å². The van der Waals surface area contributed by atoms with E-state index in [4.69, 9.17) is 0 Å². The van der Waals surface area contributed by atoms with Gasteiger partial charge in [0.1, 0.15) is 0 Å². The van der Waals surface area contributed by atoms with Crippen molar-refractivity contribution in [1.29, 1.82) is 0 Å². The molecule has 1 fully saturated rings. The minimum Gasteiger partial charge on any atom is -0.393 e. The zero-order valence-electron chi connectivity index (χ0n) is 8.28. The Hall–Kier alpha value is -0.380. The Morgan fingerprint density at radius 3 is 2.79 bits per heavy atom. The number of rotatable bonds is 3. The highest BCUT2D eigenvalue weighted by molar-refractivity contribution is 7.07. The average Bonchev–Trinajstić information content (AvgIpc) is 2.70. The van der Waals surface area contributed by atoms with Crippen molar-refractivity contribution in [3.05, 3.63) is 22.4 Å². The summed E-state index contributed by atoms with van der Waals surface area (Å²) in [4.78, 5) is 0. The first-order valence-corrected chi connectivity index (χ1v) is 6.21. The van der Waals surface area contributed by atoms with Crippen molar-refractivity contribution in [2.75, 3.05) is 0 Å². The number of aliphatic hydroxyl groups is 1. The van der Waals surface area contributed by atoms with E-state index in [1.165, 1.54) is 5.56 Å². The van der Waals surface area contributed by atoms with Crippen LogP contribution >= 0.6 is 11.3 Å². The van der Waals surface area contributed by atoms with Gasteiger partial charge in [0, 0.05) is 12.6 Å². The molecule has 1 saturated carbocycles. The molecule has 0 aromatic carbocycles. The van der Waals surface area contributed by atoms with Gasteiger partial charge in [-0.2, -0.15) is 11.3 Å². The molecule has 3 heteroatoms. The summed E-state index contributed by atoms with van der Waals surface area (Å²) in [6, 6.07) is 2.77. The maximum atomic E-state index is 9.35. The molecule has 2 nitrogen and oxygen atoms in total. The zero-order valence-corrected chi connectivity index (χ0v) is 9.09. The van der Waals surface area contributed by atoms with E-state index in [0.29, 0.717) is 6.04 Å². The SMILES string of the molecule is OC1CCC(NCc2ccsc2)CC1. The van der Waals surface area contributed by atoms with Crippen molar-refractivity contribution in [3.8, 4) is 0 Å². The third-order valence-electron chi connectivity index (χ3n) is 2.87. The monoisotopic (exact) mass is 211 g/mol. The highest BCUT2D eigenvalue weighted by Crippen LogP contribution is 2.18. The Kier molecular flexibility index (Phi) is 3.56. The first-order chi connectivity index (χ1) is 6.84. The molecule has 0 atom stereocenters. The average molecular weight is 211 g/mol. The summed E-state index contributed by atoms with van der Waals surface area (Å²) >= 11 is 1.75. The molecule has 1 aromatic heterocycles. The summed E-state index contributed by atoms with van der Waals surface area (Å²) in [5, 5.41) is 17.2. The smallest absolute Gasteiger partial charge is 0.0541 e. The van der Waals surface area contributed by atoms with Gasteiger partial charge in [0.05, 0.1) is 6.10 Å². The normalized spacial score (nSPS) is 27.8. The second-order valence-electron chi connectivity index (χ2n) is 4.02. The minimum absolute atomic E-state index is 0.0470. The van der Waals surface area contributed by atoms with Crippen LogP contribution in [0.25, 0.3) is 0 Å². The fraction of sp³-hybridized carbons (Fsp3) is 0.636. The van der Waals surface area contributed by atoms with Crippen LogP contribution in [0.5, 0.6) is 0 Å². The van der Waals surface area contributed by atoms with Crippen LogP contribution in [0.1, 0.15) is 31.2 Å². The molecular weight excluding hydrogens is 194 g/mol. The third kappa shape index (κ3) is 2.80. The topological polar surface area (TPSA) is 32.3 Å². The first-order valence-electron chi connectivity index (χ1n) is 5.27. The Bertz CT molecular complexity index is 252. The number of hydrogen-bond acceptors (Lipinski definition) is 3. The molecule has 0 radical (unpaired) electrons. The molecule has 0 amide bonds. The number of thiophene rings is 1. The Labute approximate surface area is 89.0 Å². The molecule has 14 heavy (non-hydrogen) atoms. The lowest BCUT2D eigenvalue weighted by molar-refractivity contribution is 0.116. The fourth-order valence-corrected chi connectivity index (χ4v) is 2.60. The second kappa shape index (κ2) is 4.91. The van der Waals surface area contributed by atoms with Crippen LogP contribution in [0.3, 0.4) is 0 Å². The molecular formula is C11H17NOS. The minimum atomic E-state index is -0.0470. The first kappa shape index (κ1) is 10.1. The van der Waals surface area contributed by atoms with E-state index in [1.54, 1.807) is 11.3 Å². The quantitative estimate of drug-likeness (QED) is 0.803. The summed E-state index contributed by atoms with van der Waals surface area (Å²) in [7, 11) is 0. The Morgan fingerprint density at radius 2 is 2.14 bits per heavy atom. The van der Waals surface area contributed by atoms with Gasteiger partial charge in [0.25, 0.3) is 0 Å². The fourth-order valence-electron chi connectivity index (χ4n) is 1.94. The maximum Gasteiger partial charge on any atom is 0.0541 e. The Balaban J connectivity index is 1.71. The van der Waals surface area contributed by atoms with Crippen molar-refractivity contribution < 1.29 is 5.11 Å². The molecule has 0 bridgehead atoms. The molecule has 1 aliphatic carbocycles. The summed E-state index contributed by atoms with van der Waals surface area (Å²) in [5.74, 6) is 0. The van der Waals surface area contributed by atoms with Gasteiger partial charge in [-0.1, -0.05) is 0 Å². The number of nitrogens with one attached hydrogen (secondary N) is 1. The summed E-state index contributed by atoms with van der Waals surface area (Å²) < 4.78 is 0. The van der Waals surface area contributed by atoms with Crippen molar-refractivity contribution in [2.24, 2.45) is 0 Å². The van der Waals surface area contributed by atoms with E-state index in [0.717, 1.165) is 32.2 Å².